The Morgan fingerprint density at radius 1 is 1.20 bits per heavy atom. The molecule has 0 aliphatic heterocycles. The quantitative estimate of drug-likeness (QED) is 0.743. The molecule has 0 aliphatic carbocycles. The van der Waals surface area contributed by atoms with Crippen LogP contribution in [0.4, 0.5) is 0 Å². The lowest BCUT2D eigenvalue weighted by Gasteiger charge is -2.12. The SMILES string of the molecule is CC(C(=O)c1cccc(Cl)c1)S(=O)c1ccccc1Br. The van der Waals surface area contributed by atoms with E-state index in [0.29, 0.717) is 15.5 Å². The Bertz CT molecular complexity index is 672. The molecular weight excluding hydrogens is 360 g/mol. The Hall–Kier alpha value is -0.970. The van der Waals surface area contributed by atoms with Gasteiger partial charge in [0.25, 0.3) is 0 Å². The van der Waals surface area contributed by atoms with Gasteiger partial charge in [-0.1, -0.05) is 35.9 Å². The summed E-state index contributed by atoms with van der Waals surface area (Å²) in [4.78, 5) is 13.0. The topological polar surface area (TPSA) is 34.1 Å². The van der Waals surface area contributed by atoms with Crippen LogP contribution >= 0.6 is 27.5 Å². The maximum absolute atomic E-state index is 12.5. The molecule has 2 rings (SSSR count). The number of benzene rings is 2. The van der Waals surface area contributed by atoms with Gasteiger partial charge in [-0.15, -0.1) is 0 Å². The Labute approximate surface area is 133 Å². The molecule has 2 aromatic rings. The minimum Gasteiger partial charge on any atom is -0.293 e. The van der Waals surface area contributed by atoms with E-state index in [0.717, 1.165) is 4.47 Å². The van der Waals surface area contributed by atoms with E-state index in [9.17, 15) is 9.00 Å². The molecule has 0 N–H and O–H groups in total. The first-order chi connectivity index (χ1) is 9.50. The fourth-order valence-corrected chi connectivity index (χ4v) is 3.91. The number of rotatable bonds is 4. The van der Waals surface area contributed by atoms with E-state index in [1.807, 2.05) is 12.1 Å². The molecule has 0 radical (unpaired) electrons. The summed E-state index contributed by atoms with van der Waals surface area (Å²) in [6, 6.07) is 13.9. The number of Topliss-reactive ketones (excluding diaryl/α,β-unsaturated/α-hetero) is 1. The van der Waals surface area contributed by atoms with Gasteiger partial charge in [-0.3, -0.25) is 9.00 Å². The van der Waals surface area contributed by atoms with Crippen LogP contribution in [0.5, 0.6) is 0 Å². The van der Waals surface area contributed by atoms with Crippen molar-refractivity contribution in [2.75, 3.05) is 0 Å². The van der Waals surface area contributed by atoms with Gasteiger partial charge < -0.3 is 0 Å². The predicted octanol–water partition coefficient (Wildman–Crippen LogP) is 4.48. The van der Waals surface area contributed by atoms with Crippen LogP contribution in [0.1, 0.15) is 17.3 Å². The molecule has 104 valence electrons. The van der Waals surface area contributed by atoms with Gasteiger partial charge in [0.05, 0.1) is 20.9 Å². The zero-order valence-corrected chi connectivity index (χ0v) is 13.8. The second-order valence-corrected chi connectivity index (χ2v) is 7.28. The fourth-order valence-electron chi connectivity index (χ4n) is 1.77. The largest absolute Gasteiger partial charge is 0.293 e. The smallest absolute Gasteiger partial charge is 0.178 e. The maximum Gasteiger partial charge on any atom is 0.178 e. The normalized spacial score (nSPS) is 13.8. The molecule has 0 spiro atoms. The van der Waals surface area contributed by atoms with Gasteiger partial charge >= 0.3 is 0 Å². The molecule has 5 heteroatoms. The summed E-state index contributed by atoms with van der Waals surface area (Å²) >= 11 is 9.24. The highest BCUT2D eigenvalue weighted by Crippen LogP contribution is 2.24. The summed E-state index contributed by atoms with van der Waals surface area (Å²) in [6.45, 7) is 1.67. The molecule has 2 unspecified atom stereocenters. The van der Waals surface area contributed by atoms with Crippen molar-refractivity contribution in [1.82, 2.24) is 0 Å². The van der Waals surface area contributed by atoms with Crippen molar-refractivity contribution in [1.29, 1.82) is 0 Å². The summed E-state index contributed by atoms with van der Waals surface area (Å²) in [5, 5.41) is -0.137. The maximum atomic E-state index is 12.5. The van der Waals surface area contributed by atoms with Crippen molar-refractivity contribution in [3.05, 3.63) is 63.6 Å². The Kier molecular flexibility index (Phi) is 5.13. The molecule has 0 fully saturated rings. The molecule has 2 aromatic carbocycles. The summed E-state index contributed by atoms with van der Waals surface area (Å²) in [5.74, 6) is -0.179. The first-order valence-corrected chi connectivity index (χ1v) is 8.34. The first kappa shape index (κ1) is 15.4. The van der Waals surface area contributed by atoms with Gasteiger partial charge in [-0.25, -0.2) is 0 Å². The average Bonchev–Trinajstić information content (AvgIpc) is 2.45. The van der Waals surface area contributed by atoms with Crippen LogP contribution in [-0.2, 0) is 10.8 Å². The van der Waals surface area contributed by atoms with Crippen molar-refractivity contribution >= 4 is 44.1 Å². The van der Waals surface area contributed by atoms with Crippen molar-refractivity contribution < 1.29 is 9.00 Å². The lowest BCUT2D eigenvalue weighted by molar-refractivity contribution is 0.0992. The lowest BCUT2D eigenvalue weighted by Crippen LogP contribution is -2.23. The highest BCUT2D eigenvalue weighted by Gasteiger charge is 2.24. The van der Waals surface area contributed by atoms with Gasteiger partial charge in [-0.05, 0) is 47.1 Å². The minimum absolute atomic E-state index is 0.179. The van der Waals surface area contributed by atoms with Gasteiger partial charge in [0.2, 0.25) is 0 Å². The molecule has 20 heavy (non-hydrogen) atoms. The summed E-state index contributed by atoms with van der Waals surface area (Å²) < 4.78 is 13.2. The number of halogens is 2. The van der Waals surface area contributed by atoms with Crippen LogP contribution in [0, 0.1) is 0 Å². The van der Waals surface area contributed by atoms with Crippen LogP contribution < -0.4 is 0 Å². The predicted molar refractivity (Wildman–Crippen MR) is 85.8 cm³/mol. The van der Waals surface area contributed by atoms with E-state index in [4.69, 9.17) is 11.6 Å². The van der Waals surface area contributed by atoms with Crippen molar-refractivity contribution in [3.63, 3.8) is 0 Å². The van der Waals surface area contributed by atoms with Crippen LogP contribution in [0.15, 0.2) is 57.9 Å². The molecule has 2 nitrogen and oxygen atoms in total. The Morgan fingerprint density at radius 2 is 1.90 bits per heavy atom. The molecule has 0 aliphatic rings. The monoisotopic (exact) mass is 370 g/mol. The van der Waals surface area contributed by atoms with Crippen molar-refractivity contribution in [3.8, 4) is 0 Å². The fraction of sp³-hybridized carbons (Fsp3) is 0.133. The standard InChI is InChI=1S/C15H12BrClO2S/c1-10(15(18)11-5-4-6-12(17)9-11)20(19)14-8-3-2-7-13(14)16/h2-10H,1H3. The third-order valence-electron chi connectivity index (χ3n) is 2.85. The van der Waals surface area contributed by atoms with Crippen molar-refractivity contribution in [2.45, 2.75) is 17.1 Å². The highest BCUT2D eigenvalue weighted by molar-refractivity contribution is 9.10. The molecule has 0 aromatic heterocycles. The van der Waals surface area contributed by atoms with E-state index < -0.39 is 16.0 Å². The van der Waals surface area contributed by atoms with E-state index in [2.05, 4.69) is 15.9 Å². The van der Waals surface area contributed by atoms with Gasteiger partial charge in [-0.2, -0.15) is 0 Å². The number of hydrogen-bond acceptors (Lipinski definition) is 2. The Balaban J connectivity index is 2.27. The summed E-state index contributed by atoms with van der Waals surface area (Å²) in [5.41, 5.74) is 0.477. The third-order valence-corrected chi connectivity index (χ3v) is 5.69. The van der Waals surface area contributed by atoms with Crippen LogP contribution in [0.2, 0.25) is 5.02 Å². The molecule has 0 amide bonds. The summed E-state index contributed by atoms with van der Waals surface area (Å²) in [6.07, 6.45) is 0. The van der Waals surface area contributed by atoms with Crippen LogP contribution in [0.3, 0.4) is 0 Å². The Morgan fingerprint density at radius 3 is 2.55 bits per heavy atom. The molecule has 0 saturated carbocycles. The third kappa shape index (κ3) is 3.37. The van der Waals surface area contributed by atoms with Crippen molar-refractivity contribution in [2.24, 2.45) is 0 Å². The minimum atomic E-state index is -1.42. The molecule has 0 bridgehead atoms. The average molecular weight is 372 g/mol. The zero-order valence-electron chi connectivity index (χ0n) is 10.7. The highest BCUT2D eigenvalue weighted by atomic mass is 79.9. The lowest BCUT2D eigenvalue weighted by atomic mass is 10.1. The second-order valence-electron chi connectivity index (χ2n) is 4.24. The van der Waals surface area contributed by atoms with Gasteiger partial charge in [0, 0.05) is 15.1 Å². The number of ketones is 1. The zero-order chi connectivity index (χ0) is 14.7. The number of hydrogen-bond donors (Lipinski definition) is 0. The molecule has 0 heterocycles. The number of carbonyl (C=O) groups is 1. The number of carbonyl (C=O) groups excluding carboxylic acids is 1. The van der Waals surface area contributed by atoms with E-state index in [1.54, 1.807) is 43.3 Å². The van der Waals surface area contributed by atoms with Gasteiger partial charge in [0.1, 0.15) is 0 Å². The van der Waals surface area contributed by atoms with Crippen LogP contribution in [-0.4, -0.2) is 15.2 Å². The molecule has 2 atom stereocenters. The van der Waals surface area contributed by atoms with E-state index in [1.165, 1.54) is 0 Å². The van der Waals surface area contributed by atoms with Crippen LogP contribution in [0.25, 0.3) is 0 Å². The van der Waals surface area contributed by atoms with E-state index >= 15 is 0 Å². The first-order valence-electron chi connectivity index (χ1n) is 5.95. The van der Waals surface area contributed by atoms with E-state index in [-0.39, 0.29) is 5.78 Å². The summed E-state index contributed by atoms with van der Waals surface area (Å²) in [7, 11) is -1.42. The molecular formula is C15H12BrClO2S. The molecule has 0 saturated heterocycles. The van der Waals surface area contributed by atoms with Gasteiger partial charge in [0.15, 0.2) is 5.78 Å². The second kappa shape index (κ2) is 6.66.